The zero-order chi connectivity index (χ0) is 14.2. The Kier molecular flexibility index (Phi) is 3.20. The van der Waals surface area contributed by atoms with Gasteiger partial charge in [-0.15, -0.1) is 0 Å². The molecule has 0 fully saturated rings. The van der Waals surface area contributed by atoms with E-state index >= 15 is 0 Å². The van der Waals surface area contributed by atoms with E-state index in [1.807, 2.05) is 13.8 Å². The Morgan fingerprint density at radius 2 is 2.05 bits per heavy atom. The third-order valence-electron chi connectivity index (χ3n) is 2.71. The second-order valence-electron chi connectivity index (χ2n) is 4.51. The Labute approximate surface area is 109 Å². The molecule has 100 valence electrons. The monoisotopic (exact) mass is 262 g/mol. The van der Waals surface area contributed by atoms with E-state index in [1.165, 1.54) is 10.9 Å². The van der Waals surface area contributed by atoms with Crippen molar-refractivity contribution in [1.82, 2.24) is 19.6 Å². The first kappa shape index (κ1) is 13.0. The molecule has 0 unspecified atom stereocenters. The van der Waals surface area contributed by atoms with Gasteiger partial charge < -0.3 is 5.11 Å². The molecule has 2 aromatic rings. The Morgan fingerprint density at radius 1 is 1.37 bits per heavy atom. The molecule has 7 heteroatoms. The van der Waals surface area contributed by atoms with Gasteiger partial charge in [0.15, 0.2) is 5.82 Å². The summed E-state index contributed by atoms with van der Waals surface area (Å²) in [6, 6.07) is 1.69. The molecular formula is C12H14N4O3. The van der Waals surface area contributed by atoms with Gasteiger partial charge in [-0.3, -0.25) is 9.48 Å². The number of aromatic nitrogens is 4. The van der Waals surface area contributed by atoms with E-state index in [2.05, 4.69) is 10.2 Å². The normalized spacial score (nSPS) is 10.9. The van der Waals surface area contributed by atoms with Crippen molar-refractivity contribution in [3.8, 4) is 5.82 Å². The van der Waals surface area contributed by atoms with Crippen LogP contribution in [0.1, 0.15) is 35.8 Å². The van der Waals surface area contributed by atoms with Gasteiger partial charge in [0.1, 0.15) is 0 Å². The standard InChI is InChI=1S/C12H14N4O3/c1-7(2)8-6-16(9-4-5-15(3)13-9)14-10(11(8)17)12(18)19/h4-7H,1-3H3,(H,18,19). The number of carboxylic acids is 1. The van der Waals surface area contributed by atoms with Crippen molar-refractivity contribution < 1.29 is 9.90 Å². The molecule has 0 radical (unpaired) electrons. The van der Waals surface area contributed by atoms with Crippen LogP contribution in [0, 0.1) is 0 Å². The summed E-state index contributed by atoms with van der Waals surface area (Å²) in [5.41, 5.74) is -0.635. The molecule has 0 spiro atoms. The van der Waals surface area contributed by atoms with Gasteiger partial charge in [-0.2, -0.15) is 10.2 Å². The molecule has 0 aromatic carbocycles. The van der Waals surface area contributed by atoms with Crippen molar-refractivity contribution in [3.63, 3.8) is 0 Å². The summed E-state index contributed by atoms with van der Waals surface area (Å²) in [4.78, 5) is 23.0. The minimum atomic E-state index is -1.34. The predicted octanol–water partition coefficient (Wildman–Crippen LogP) is 0.788. The molecule has 1 N–H and O–H groups in total. The number of rotatable bonds is 3. The van der Waals surface area contributed by atoms with Crippen LogP contribution in [0.2, 0.25) is 0 Å². The lowest BCUT2D eigenvalue weighted by Crippen LogP contribution is -2.25. The van der Waals surface area contributed by atoms with Gasteiger partial charge in [0.25, 0.3) is 0 Å². The van der Waals surface area contributed by atoms with Crippen LogP contribution in [-0.4, -0.2) is 30.6 Å². The fourth-order valence-corrected chi connectivity index (χ4v) is 1.70. The quantitative estimate of drug-likeness (QED) is 0.883. The van der Waals surface area contributed by atoms with Crippen LogP contribution in [0.5, 0.6) is 0 Å². The van der Waals surface area contributed by atoms with Crippen LogP contribution in [0.3, 0.4) is 0 Å². The van der Waals surface area contributed by atoms with Crippen LogP contribution in [0.15, 0.2) is 23.3 Å². The molecule has 0 atom stereocenters. The third-order valence-corrected chi connectivity index (χ3v) is 2.71. The highest BCUT2D eigenvalue weighted by atomic mass is 16.4. The van der Waals surface area contributed by atoms with Gasteiger partial charge in [0, 0.05) is 31.1 Å². The number of hydrogen-bond donors (Lipinski definition) is 1. The largest absolute Gasteiger partial charge is 0.476 e. The Balaban J connectivity index is 2.69. The van der Waals surface area contributed by atoms with E-state index < -0.39 is 17.1 Å². The van der Waals surface area contributed by atoms with Crippen LogP contribution in [0.4, 0.5) is 0 Å². The van der Waals surface area contributed by atoms with Crippen molar-refractivity contribution in [2.45, 2.75) is 19.8 Å². The number of nitrogens with zero attached hydrogens (tertiary/aromatic N) is 4. The van der Waals surface area contributed by atoms with E-state index in [9.17, 15) is 9.59 Å². The van der Waals surface area contributed by atoms with Gasteiger partial charge in [-0.25, -0.2) is 9.48 Å². The van der Waals surface area contributed by atoms with Crippen molar-refractivity contribution >= 4 is 5.97 Å². The summed E-state index contributed by atoms with van der Waals surface area (Å²) in [6.45, 7) is 3.65. The fourth-order valence-electron chi connectivity index (χ4n) is 1.70. The summed E-state index contributed by atoms with van der Waals surface area (Å²) in [6.07, 6.45) is 3.24. The molecule has 0 aliphatic carbocycles. The zero-order valence-corrected chi connectivity index (χ0v) is 10.9. The number of carbonyl (C=O) groups is 1. The highest BCUT2D eigenvalue weighted by molar-refractivity contribution is 5.85. The molecule has 0 bridgehead atoms. The van der Waals surface area contributed by atoms with E-state index in [1.54, 1.807) is 24.0 Å². The van der Waals surface area contributed by atoms with E-state index in [4.69, 9.17) is 5.11 Å². The molecule has 2 rings (SSSR count). The molecule has 0 amide bonds. The predicted molar refractivity (Wildman–Crippen MR) is 67.6 cm³/mol. The Morgan fingerprint density at radius 3 is 2.53 bits per heavy atom. The van der Waals surface area contributed by atoms with E-state index in [0.717, 1.165) is 0 Å². The maximum Gasteiger partial charge on any atom is 0.360 e. The first-order valence-corrected chi connectivity index (χ1v) is 5.77. The maximum atomic E-state index is 12.0. The Hall–Kier alpha value is -2.44. The summed E-state index contributed by atoms with van der Waals surface area (Å²) < 4.78 is 2.89. The number of carboxylic acid groups (broad SMARTS) is 1. The number of hydrogen-bond acceptors (Lipinski definition) is 4. The molecule has 0 aliphatic heterocycles. The van der Waals surface area contributed by atoms with Gasteiger partial charge in [-0.1, -0.05) is 13.8 Å². The zero-order valence-electron chi connectivity index (χ0n) is 10.9. The molecule has 7 nitrogen and oxygen atoms in total. The molecule has 2 aromatic heterocycles. The fraction of sp³-hybridized carbons (Fsp3) is 0.333. The summed E-state index contributed by atoms with van der Waals surface area (Å²) in [7, 11) is 1.74. The highest BCUT2D eigenvalue weighted by Gasteiger charge is 2.18. The van der Waals surface area contributed by atoms with Crippen LogP contribution < -0.4 is 5.43 Å². The smallest absolute Gasteiger partial charge is 0.360 e. The maximum absolute atomic E-state index is 12.0. The topological polar surface area (TPSA) is 90.0 Å². The lowest BCUT2D eigenvalue weighted by atomic mass is 10.0. The van der Waals surface area contributed by atoms with Crippen LogP contribution in [-0.2, 0) is 7.05 Å². The minimum Gasteiger partial charge on any atom is -0.476 e. The highest BCUT2D eigenvalue weighted by Crippen LogP contribution is 2.11. The Bertz CT molecular complexity index is 685. The lowest BCUT2D eigenvalue weighted by Gasteiger charge is -2.09. The molecular weight excluding hydrogens is 248 g/mol. The average molecular weight is 262 g/mol. The molecule has 0 aliphatic rings. The SMILES string of the molecule is CC(C)c1cn(-c2ccn(C)n2)nc(C(=O)O)c1=O. The lowest BCUT2D eigenvalue weighted by molar-refractivity contribution is 0.0686. The summed E-state index contributed by atoms with van der Waals surface area (Å²) in [5.74, 6) is -0.965. The molecule has 0 saturated heterocycles. The molecule has 2 heterocycles. The van der Waals surface area contributed by atoms with Crippen molar-refractivity contribution in [3.05, 3.63) is 39.9 Å². The van der Waals surface area contributed by atoms with Gasteiger partial charge in [0.05, 0.1) is 0 Å². The van der Waals surface area contributed by atoms with E-state index in [0.29, 0.717) is 11.4 Å². The van der Waals surface area contributed by atoms with Crippen LogP contribution in [0.25, 0.3) is 5.82 Å². The van der Waals surface area contributed by atoms with Crippen LogP contribution >= 0.6 is 0 Å². The van der Waals surface area contributed by atoms with Gasteiger partial charge in [0.2, 0.25) is 11.1 Å². The first-order chi connectivity index (χ1) is 8.90. The second kappa shape index (κ2) is 4.68. The average Bonchev–Trinajstić information content (AvgIpc) is 2.75. The second-order valence-corrected chi connectivity index (χ2v) is 4.51. The first-order valence-electron chi connectivity index (χ1n) is 5.77. The molecule has 0 saturated carbocycles. The van der Waals surface area contributed by atoms with E-state index in [-0.39, 0.29) is 5.92 Å². The number of aromatic carboxylic acids is 1. The summed E-state index contributed by atoms with van der Waals surface area (Å²) in [5, 5.41) is 17.0. The minimum absolute atomic E-state index is 0.0939. The van der Waals surface area contributed by atoms with Crippen molar-refractivity contribution in [2.24, 2.45) is 7.05 Å². The molecule has 19 heavy (non-hydrogen) atoms. The van der Waals surface area contributed by atoms with Crippen molar-refractivity contribution in [2.75, 3.05) is 0 Å². The van der Waals surface area contributed by atoms with Crippen molar-refractivity contribution in [1.29, 1.82) is 0 Å². The number of aryl methyl sites for hydroxylation is 1. The van der Waals surface area contributed by atoms with Gasteiger partial charge in [-0.05, 0) is 5.92 Å². The summed E-state index contributed by atoms with van der Waals surface area (Å²) >= 11 is 0. The van der Waals surface area contributed by atoms with Gasteiger partial charge >= 0.3 is 5.97 Å². The third kappa shape index (κ3) is 2.40.